The molecule has 474 valence electrons. The fourth-order valence-corrected chi connectivity index (χ4v) is 12.2. The van der Waals surface area contributed by atoms with E-state index in [0.717, 1.165) is 136 Å². The van der Waals surface area contributed by atoms with Gasteiger partial charge in [-0.1, -0.05) is 285 Å². The van der Waals surface area contributed by atoms with Gasteiger partial charge in [-0.25, -0.2) is 0 Å². The minimum Gasteiger partial charge on any atom is -0.392 e. The van der Waals surface area contributed by atoms with Gasteiger partial charge in [0.15, 0.2) is 0 Å². The second kappa shape index (κ2) is 58.0. The van der Waals surface area contributed by atoms with E-state index in [-0.39, 0.29) is 18.3 Å². The zero-order valence-electron chi connectivity index (χ0n) is 54.1. The van der Waals surface area contributed by atoms with Crippen molar-refractivity contribution in [1.29, 1.82) is 0 Å². The average molecular weight is 1120 g/mol. The van der Waals surface area contributed by atoms with Gasteiger partial charge in [-0.05, 0) is 32.1 Å². The van der Waals surface area contributed by atoms with Crippen LogP contribution >= 0.6 is 0 Å². The molecule has 0 saturated carbocycles. The molecule has 5 unspecified atom stereocenters. The maximum atomic E-state index is 11.7. The highest BCUT2D eigenvalue weighted by molar-refractivity contribution is 4.79. The summed E-state index contributed by atoms with van der Waals surface area (Å²) in [6, 6.07) is 0. The number of hydrogen-bond donors (Lipinski definition) is 5. The summed E-state index contributed by atoms with van der Waals surface area (Å²) >= 11 is 0. The standard InChI is InChI=1S/C69H143N5O5/c1-6-11-16-21-26-31-36-40-45-65(75)60-71-53-50-70(51-54-71)52-55-72(61-66(76)46-41-37-32-27-22-17-12-7-2)56-57-73(62-67(77)47-42-38-33-28-23-18-13-8-3)58-59-74(63-68(78)48-43-35-30-25-20-15-10-5)64-69(79)49-44-39-34-29-24-19-14-9-4/h65-69,75-79H,6-64H2,1-5H3. The number of piperazine rings is 1. The molecule has 0 aliphatic carbocycles. The Kier molecular flexibility index (Phi) is 56.3. The lowest BCUT2D eigenvalue weighted by Crippen LogP contribution is -2.51. The molecule has 5 atom stereocenters. The zero-order valence-corrected chi connectivity index (χ0v) is 54.1. The van der Waals surface area contributed by atoms with Gasteiger partial charge in [0.25, 0.3) is 0 Å². The molecule has 0 bridgehead atoms. The molecule has 1 aliphatic rings. The number of rotatable bonds is 63. The zero-order chi connectivity index (χ0) is 57.5. The smallest absolute Gasteiger partial charge is 0.0667 e. The lowest BCUT2D eigenvalue weighted by molar-refractivity contribution is 0.0417. The van der Waals surface area contributed by atoms with Crippen LogP contribution in [0.4, 0.5) is 0 Å². The van der Waals surface area contributed by atoms with Gasteiger partial charge >= 0.3 is 0 Å². The second-order valence-corrected chi connectivity index (χ2v) is 25.7. The van der Waals surface area contributed by atoms with Crippen LogP contribution in [-0.2, 0) is 0 Å². The molecule has 5 N–H and O–H groups in total. The van der Waals surface area contributed by atoms with Crippen LogP contribution in [-0.4, -0.2) is 179 Å². The third kappa shape index (κ3) is 50.6. The minimum atomic E-state index is -0.406. The molecule has 1 heterocycles. The third-order valence-electron chi connectivity index (χ3n) is 17.7. The molecular formula is C69H143N5O5. The lowest BCUT2D eigenvalue weighted by atomic mass is 10.0. The normalized spacial score (nSPS) is 15.8. The molecule has 10 nitrogen and oxygen atoms in total. The fourth-order valence-electron chi connectivity index (χ4n) is 12.2. The summed E-state index contributed by atoms with van der Waals surface area (Å²) in [4.78, 5) is 12.4. The highest BCUT2D eigenvalue weighted by Crippen LogP contribution is 2.18. The van der Waals surface area contributed by atoms with Crippen molar-refractivity contribution in [1.82, 2.24) is 24.5 Å². The molecule has 0 amide bonds. The minimum absolute atomic E-state index is 0.233. The van der Waals surface area contributed by atoms with Crippen molar-refractivity contribution in [2.24, 2.45) is 0 Å². The van der Waals surface area contributed by atoms with E-state index in [1.54, 1.807) is 0 Å². The van der Waals surface area contributed by atoms with Gasteiger partial charge in [0.05, 0.1) is 30.5 Å². The first kappa shape index (κ1) is 76.6. The van der Waals surface area contributed by atoms with Gasteiger partial charge in [0.1, 0.15) is 0 Å². The SMILES string of the molecule is CCCCCCCCCCC(O)CN1CCN(CCN(CCN(CCN(CC(O)CCCCCCCCC)CC(O)CCCCCCCCCC)CC(O)CCCCCCCCCC)CC(O)CCCCCCCCCC)CC1. The van der Waals surface area contributed by atoms with Crippen LogP contribution in [0.15, 0.2) is 0 Å². The van der Waals surface area contributed by atoms with Gasteiger partial charge < -0.3 is 25.5 Å². The van der Waals surface area contributed by atoms with Gasteiger partial charge in [0, 0.05) is 98.2 Å². The first-order valence-corrected chi connectivity index (χ1v) is 35.7. The molecule has 10 heteroatoms. The topological polar surface area (TPSA) is 117 Å². The molecular weight excluding hydrogens is 979 g/mol. The van der Waals surface area contributed by atoms with E-state index in [0.29, 0.717) is 26.2 Å². The first-order chi connectivity index (χ1) is 38.6. The Morgan fingerprint density at radius 3 is 0.759 bits per heavy atom. The Morgan fingerprint density at radius 1 is 0.253 bits per heavy atom. The summed E-state index contributed by atoms with van der Waals surface area (Å²) in [6.45, 7) is 23.8. The Morgan fingerprint density at radius 2 is 0.468 bits per heavy atom. The average Bonchev–Trinajstić information content (AvgIpc) is 3.44. The summed E-state index contributed by atoms with van der Waals surface area (Å²) in [5.74, 6) is 0. The highest BCUT2D eigenvalue weighted by atomic mass is 16.3. The number of β-amino-alcohol motifs (C(OH)–C–C–N with tert-alkyl or cyclic N) is 1. The molecule has 79 heavy (non-hydrogen) atoms. The molecule has 0 radical (unpaired) electrons. The molecule has 0 aromatic carbocycles. The number of aliphatic hydroxyl groups is 5. The van der Waals surface area contributed by atoms with Crippen molar-refractivity contribution in [2.45, 2.75) is 348 Å². The molecule has 0 aromatic rings. The molecule has 1 fully saturated rings. The summed E-state index contributed by atoms with van der Waals surface area (Å²) < 4.78 is 0. The summed E-state index contributed by atoms with van der Waals surface area (Å²) in [6.07, 6.45) is 51.8. The third-order valence-corrected chi connectivity index (χ3v) is 17.7. The van der Waals surface area contributed by atoms with E-state index >= 15 is 0 Å². The van der Waals surface area contributed by atoms with Gasteiger partial charge in [0.2, 0.25) is 0 Å². The molecule has 1 rings (SSSR count). The maximum absolute atomic E-state index is 11.7. The summed E-state index contributed by atoms with van der Waals surface area (Å²) in [7, 11) is 0. The van der Waals surface area contributed by atoms with Crippen LogP contribution in [0, 0.1) is 0 Å². The molecule has 1 saturated heterocycles. The summed E-state index contributed by atoms with van der Waals surface area (Å²) in [5.41, 5.74) is 0. The van der Waals surface area contributed by atoms with Crippen molar-refractivity contribution < 1.29 is 25.5 Å². The van der Waals surface area contributed by atoms with Gasteiger partial charge in [-0.3, -0.25) is 24.5 Å². The van der Waals surface area contributed by atoms with E-state index in [9.17, 15) is 25.5 Å². The largest absolute Gasteiger partial charge is 0.392 e. The number of aliphatic hydroxyl groups excluding tert-OH is 5. The Labute approximate surface area is 493 Å². The number of nitrogens with zero attached hydrogens (tertiary/aromatic N) is 5. The van der Waals surface area contributed by atoms with Crippen molar-refractivity contribution in [3.05, 3.63) is 0 Å². The second-order valence-electron chi connectivity index (χ2n) is 25.7. The van der Waals surface area contributed by atoms with Crippen molar-refractivity contribution in [2.75, 3.05) is 98.2 Å². The predicted octanol–water partition coefficient (Wildman–Crippen LogP) is 15.6. The van der Waals surface area contributed by atoms with Crippen LogP contribution in [0.1, 0.15) is 317 Å². The van der Waals surface area contributed by atoms with E-state index in [1.807, 2.05) is 0 Å². The van der Waals surface area contributed by atoms with E-state index in [4.69, 9.17) is 0 Å². The van der Waals surface area contributed by atoms with E-state index in [2.05, 4.69) is 59.1 Å². The molecule has 0 aromatic heterocycles. The Bertz CT molecular complexity index is 1200. The molecule has 0 spiro atoms. The van der Waals surface area contributed by atoms with Crippen molar-refractivity contribution in [3.8, 4) is 0 Å². The van der Waals surface area contributed by atoms with Crippen LogP contribution in [0.5, 0.6) is 0 Å². The maximum Gasteiger partial charge on any atom is 0.0667 e. The lowest BCUT2D eigenvalue weighted by Gasteiger charge is -2.37. The fraction of sp³-hybridized carbons (Fsp3) is 1.00. The Balaban J connectivity index is 3.10. The van der Waals surface area contributed by atoms with Crippen LogP contribution in [0.3, 0.4) is 0 Å². The van der Waals surface area contributed by atoms with E-state index < -0.39 is 12.2 Å². The van der Waals surface area contributed by atoms with Crippen LogP contribution in [0.25, 0.3) is 0 Å². The summed E-state index contributed by atoms with van der Waals surface area (Å²) in [5, 5.41) is 57.2. The first-order valence-electron chi connectivity index (χ1n) is 35.7. The Hall–Kier alpha value is -0.400. The van der Waals surface area contributed by atoms with Crippen molar-refractivity contribution in [3.63, 3.8) is 0 Å². The molecule has 1 aliphatic heterocycles. The number of unbranched alkanes of at least 4 members (excludes halogenated alkanes) is 34. The quantitative estimate of drug-likeness (QED) is 0.0377. The van der Waals surface area contributed by atoms with Gasteiger partial charge in [-0.2, -0.15) is 0 Å². The predicted molar refractivity (Wildman–Crippen MR) is 344 cm³/mol. The van der Waals surface area contributed by atoms with Crippen molar-refractivity contribution >= 4 is 0 Å². The van der Waals surface area contributed by atoms with Crippen LogP contribution < -0.4 is 0 Å². The van der Waals surface area contributed by atoms with E-state index in [1.165, 1.54) is 218 Å². The van der Waals surface area contributed by atoms with Crippen LogP contribution in [0.2, 0.25) is 0 Å². The monoisotopic (exact) mass is 1120 g/mol. The number of hydrogen-bond acceptors (Lipinski definition) is 10. The highest BCUT2D eigenvalue weighted by Gasteiger charge is 2.23. The van der Waals surface area contributed by atoms with Gasteiger partial charge in [-0.15, -0.1) is 0 Å².